The molecular weight excluding hydrogens is 364 g/mol. The van der Waals surface area contributed by atoms with Gasteiger partial charge in [0.15, 0.2) is 11.5 Å². The predicted octanol–water partition coefficient (Wildman–Crippen LogP) is 3.56. The van der Waals surface area contributed by atoms with E-state index in [0.717, 1.165) is 29.0 Å². The number of carbonyl (C=O) groups is 1. The molecule has 0 aromatic heterocycles. The Morgan fingerprint density at radius 3 is 2.19 bits per heavy atom. The Morgan fingerprint density at radius 2 is 1.63 bits per heavy atom. The maximum Gasteiger partial charge on any atom is 0.254 e. The number of nitrogens with zero attached hydrogens (tertiary/aromatic N) is 1. The van der Waals surface area contributed by atoms with Crippen molar-refractivity contribution in [2.24, 2.45) is 5.73 Å². The second-order valence-corrected chi connectivity index (χ2v) is 6.31. The summed E-state index contributed by atoms with van der Waals surface area (Å²) >= 11 is 0. The number of fused-ring (bicyclic) bond motifs is 1. The van der Waals surface area contributed by atoms with E-state index in [0.29, 0.717) is 38.4 Å². The first kappa shape index (κ1) is 21.1. The molecule has 1 amide bonds. The maximum absolute atomic E-state index is 12.8. The van der Waals surface area contributed by atoms with Gasteiger partial charge in [-0.15, -0.1) is 12.4 Å². The van der Waals surface area contributed by atoms with Gasteiger partial charge in [0.05, 0.1) is 13.2 Å². The molecule has 146 valence electrons. The van der Waals surface area contributed by atoms with Gasteiger partial charge in [-0.3, -0.25) is 4.79 Å². The Morgan fingerprint density at radius 1 is 1.04 bits per heavy atom. The van der Waals surface area contributed by atoms with Crippen LogP contribution in [0.15, 0.2) is 36.4 Å². The van der Waals surface area contributed by atoms with Crippen LogP contribution >= 0.6 is 12.4 Å². The molecule has 0 radical (unpaired) electrons. The van der Waals surface area contributed by atoms with Gasteiger partial charge in [0.1, 0.15) is 0 Å². The van der Waals surface area contributed by atoms with Crippen LogP contribution in [0.4, 0.5) is 0 Å². The molecule has 27 heavy (non-hydrogen) atoms. The van der Waals surface area contributed by atoms with Gasteiger partial charge < -0.3 is 20.1 Å². The van der Waals surface area contributed by atoms with Crippen molar-refractivity contribution in [1.29, 1.82) is 0 Å². The zero-order valence-corrected chi connectivity index (χ0v) is 16.7. The molecule has 0 fully saturated rings. The summed E-state index contributed by atoms with van der Waals surface area (Å²) in [4.78, 5) is 14.7. The van der Waals surface area contributed by atoms with E-state index >= 15 is 0 Å². The smallest absolute Gasteiger partial charge is 0.254 e. The number of hydrogen-bond donors (Lipinski definition) is 1. The highest BCUT2D eigenvalue weighted by Gasteiger charge is 2.23. The summed E-state index contributed by atoms with van der Waals surface area (Å²) in [6.45, 7) is 6.86. The molecule has 0 aliphatic carbocycles. The maximum atomic E-state index is 12.8. The molecule has 0 spiro atoms. The molecule has 1 aliphatic heterocycles. The largest absolute Gasteiger partial charge is 0.490 e. The van der Waals surface area contributed by atoms with Crippen LogP contribution < -0.4 is 15.2 Å². The molecule has 1 aliphatic rings. The van der Waals surface area contributed by atoms with Crippen molar-refractivity contribution in [3.8, 4) is 11.5 Å². The van der Waals surface area contributed by atoms with E-state index < -0.39 is 0 Å². The quantitative estimate of drug-likeness (QED) is 0.819. The number of benzene rings is 2. The summed E-state index contributed by atoms with van der Waals surface area (Å²) < 4.78 is 11.4. The van der Waals surface area contributed by atoms with Gasteiger partial charge >= 0.3 is 0 Å². The predicted molar refractivity (Wildman–Crippen MR) is 109 cm³/mol. The van der Waals surface area contributed by atoms with Crippen LogP contribution in [0.2, 0.25) is 0 Å². The SMILES string of the molecule is CCOc1cc2c(cc1OCC)CN(C(=O)c1ccc(CN)cc1)CC2.Cl. The van der Waals surface area contributed by atoms with E-state index in [1.165, 1.54) is 5.56 Å². The van der Waals surface area contributed by atoms with Crippen LogP contribution in [-0.4, -0.2) is 30.6 Å². The molecule has 2 N–H and O–H groups in total. The fourth-order valence-electron chi connectivity index (χ4n) is 3.24. The van der Waals surface area contributed by atoms with Crippen molar-refractivity contribution >= 4 is 18.3 Å². The average molecular weight is 391 g/mol. The lowest BCUT2D eigenvalue weighted by molar-refractivity contribution is 0.0734. The molecule has 0 bridgehead atoms. The lowest BCUT2D eigenvalue weighted by atomic mass is 9.98. The van der Waals surface area contributed by atoms with Crippen molar-refractivity contribution in [3.63, 3.8) is 0 Å². The van der Waals surface area contributed by atoms with Gasteiger partial charge in [0.2, 0.25) is 0 Å². The van der Waals surface area contributed by atoms with Gasteiger partial charge in [-0.25, -0.2) is 0 Å². The number of ether oxygens (including phenoxy) is 2. The number of halogens is 1. The molecule has 0 atom stereocenters. The third-order valence-corrected chi connectivity index (χ3v) is 4.60. The van der Waals surface area contributed by atoms with Crippen molar-refractivity contribution in [2.45, 2.75) is 33.4 Å². The van der Waals surface area contributed by atoms with Crippen LogP contribution in [0.5, 0.6) is 11.5 Å². The number of hydrogen-bond acceptors (Lipinski definition) is 4. The molecule has 0 saturated carbocycles. The molecule has 0 unspecified atom stereocenters. The van der Waals surface area contributed by atoms with E-state index in [9.17, 15) is 4.79 Å². The zero-order valence-electron chi connectivity index (χ0n) is 15.9. The number of amides is 1. The van der Waals surface area contributed by atoms with Gasteiger partial charge in [0, 0.05) is 25.2 Å². The van der Waals surface area contributed by atoms with Crippen LogP contribution in [0.1, 0.15) is 40.9 Å². The molecular formula is C21H27ClN2O3. The standard InChI is InChI=1S/C21H26N2O3.ClH/c1-3-25-19-11-17-9-10-23(14-18(17)12-20(19)26-4-2)21(24)16-7-5-15(13-22)6-8-16;/h5-8,11-12H,3-4,9-10,13-14,22H2,1-2H3;1H. The molecule has 6 heteroatoms. The van der Waals surface area contributed by atoms with E-state index in [1.807, 2.05) is 49.1 Å². The van der Waals surface area contributed by atoms with Crippen LogP contribution in [-0.2, 0) is 19.5 Å². The highest BCUT2D eigenvalue weighted by atomic mass is 35.5. The van der Waals surface area contributed by atoms with Gasteiger partial charge in [-0.05, 0) is 61.2 Å². The number of carbonyl (C=O) groups excluding carboxylic acids is 1. The Kier molecular flexibility index (Phi) is 7.51. The van der Waals surface area contributed by atoms with E-state index in [-0.39, 0.29) is 18.3 Å². The second kappa shape index (κ2) is 9.62. The lowest BCUT2D eigenvalue weighted by Crippen LogP contribution is -2.36. The normalized spacial score (nSPS) is 12.8. The Bertz CT molecular complexity index is 778. The summed E-state index contributed by atoms with van der Waals surface area (Å²) in [5.41, 5.74) is 9.69. The highest BCUT2D eigenvalue weighted by molar-refractivity contribution is 5.94. The molecule has 5 nitrogen and oxygen atoms in total. The third kappa shape index (κ3) is 4.73. The second-order valence-electron chi connectivity index (χ2n) is 6.31. The summed E-state index contributed by atoms with van der Waals surface area (Å²) in [5, 5.41) is 0. The van der Waals surface area contributed by atoms with E-state index in [2.05, 4.69) is 6.07 Å². The van der Waals surface area contributed by atoms with Crippen molar-refractivity contribution in [2.75, 3.05) is 19.8 Å². The minimum atomic E-state index is 0. The summed E-state index contributed by atoms with van der Waals surface area (Å²) in [5.74, 6) is 1.58. The first-order valence-corrected chi connectivity index (χ1v) is 9.15. The van der Waals surface area contributed by atoms with Gasteiger partial charge in [0.25, 0.3) is 5.91 Å². The van der Waals surface area contributed by atoms with Gasteiger partial charge in [-0.1, -0.05) is 12.1 Å². The zero-order chi connectivity index (χ0) is 18.5. The highest BCUT2D eigenvalue weighted by Crippen LogP contribution is 2.34. The molecule has 2 aromatic rings. The molecule has 0 saturated heterocycles. The Balaban J connectivity index is 0.00000261. The summed E-state index contributed by atoms with van der Waals surface area (Å²) in [6, 6.07) is 11.6. The molecule has 2 aromatic carbocycles. The molecule has 3 rings (SSSR count). The Hall–Kier alpha value is -2.24. The van der Waals surface area contributed by atoms with E-state index in [1.54, 1.807) is 0 Å². The fourth-order valence-corrected chi connectivity index (χ4v) is 3.24. The van der Waals surface area contributed by atoms with Crippen molar-refractivity contribution in [3.05, 3.63) is 58.7 Å². The Labute approximate surface area is 166 Å². The molecule has 1 heterocycles. The summed E-state index contributed by atoms with van der Waals surface area (Å²) in [6.07, 6.45) is 0.814. The monoisotopic (exact) mass is 390 g/mol. The number of nitrogens with two attached hydrogens (primary N) is 1. The average Bonchev–Trinajstić information content (AvgIpc) is 2.68. The minimum absolute atomic E-state index is 0. The van der Waals surface area contributed by atoms with Crippen LogP contribution in [0.25, 0.3) is 0 Å². The van der Waals surface area contributed by atoms with Crippen molar-refractivity contribution < 1.29 is 14.3 Å². The minimum Gasteiger partial charge on any atom is -0.490 e. The summed E-state index contributed by atoms with van der Waals surface area (Å²) in [7, 11) is 0. The van der Waals surface area contributed by atoms with E-state index in [4.69, 9.17) is 15.2 Å². The topological polar surface area (TPSA) is 64.8 Å². The van der Waals surface area contributed by atoms with Gasteiger partial charge in [-0.2, -0.15) is 0 Å². The fraction of sp³-hybridized carbons (Fsp3) is 0.381. The third-order valence-electron chi connectivity index (χ3n) is 4.60. The lowest BCUT2D eigenvalue weighted by Gasteiger charge is -2.30. The number of rotatable bonds is 6. The van der Waals surface area contributed by atoms with Crippen molar-refractivity contribution in [1.82, 2.24) is 4.90 Å². The first-order valence-electron chi connectivity index (χ1n) is 9.15. The van der Waals surface area contributed by atoms with Crippen LogP contribution in [0, 0.1) is 0 Å². The first-order chi connectivity index (χ1) is 12.7. The van der Waals surface area contributed by atoms with Crippen LogP contribution in [0.3, 0.4) is 0 Å².